The van der Waals surface area contributed by atoms with Crippen LogP contribution in [0.25, 0.3) is 0 Å². The zero-order valence-corrected chi connectivity index (χ0v) is 12.1. The standard InChI is InChI=1S/C12H19N3O3S/c1-7-6-9(10(14-7)11(16)17)15-12(18)13-5-4-8(2)19-3/h6,8,14H,4-5H2,1-3H3,(H,16,17)(H2,13,15,18). The molecule has 0 bridgehead atoms. The monoisotopic (exact) mass is 285 g/mol. The third kappa shape index (κ3) is 4.86. The van der Waals surface area contributed by atoms with Gasteiger partial charge in [0, 0.05) is 17.5 Å². The summed E-state index contributed by atoms with van der Waals surface area (Å²) in [6.07, 6.45) is 2.89. The van der Waals surface area contributed by atoms with Crippen molar-refractivity contribution in [1.82, 2.24) is 10.3 Å². The molecule has 1 unspecified atom stereocenters. The van der Waals surface area contributed by atoms with Crippen LogP contribution in [0.5, 0.6) is 0 Å². The second-order valence-electron chi connectivity index (χ2n) is 4.26. The number of aromatic nitrogens is 1. The Hall–Kier alpha value is -1.63. The van der Waals surface area contributed by atoms with Crippen LogP contribution in [0.4, 0.5) is 10.5 Å². The van der Waals surface area contributed by atoms with Crippen molar-refractivity contribution in [2.75, 3.05) is 18.1 Å². The highest BCUT2D eigenvalue weighted by molar-refractivity contribution is 7.99. The molecular formula is C12H19N3O3S. The number of nitrogens with one attached hydrogen (secondary N) is 3. The molecule has 2 amide bonds. The summed E-state index contributed by atoms with van der Waals surface area (Å²) < 4.78 is 0. The number of aryl methyl sites for hydroxylation is 1. The Kier molecular flexibility index (Phi) is 5.75. The van der Waals surface area contributed by atoms with Crippen molar-refractivity contribution < 1.29 is 14.7 Å². The molecule has 19 heavy (non-hydrogen) atoms. The molecule has 1 heterocycles. The van der Waals surface area contributed by atoms with Crippen LogP contribution < -0.4 is 10.6 Å². The van der Waals surface area contributed by atoms with E-state index in [0.717, 1.165) is 6.42 Å². The minimum Gasteiger partial charge on any atom is -0.477 e. The second kappa shape index (κ2) is 7.08. The number of carbonyl (C=O) groups is 2. The Morgan fingerprint density at radius 3 is 2.79 bits per heavy atom. The summed E-state index contributed by atoms with van der Waals surface area (Å²) >= 11 is 1.74. The molecule has 6 nitrogen and oxygen atoms in total. The summed E-state index contributed by atoms with van der Waals surface area (Å²) in [5.41, 5.74) is 0.953. The SMILES string of the molecule is CSC(C)CCNC(=O)Nc1cc(C)[nH]c1C(=O)O. The number of carboxylic acid groups (broad SMARTS) is 1. The fraction of sp³-hybridized carbons (Fsp3) is 0.500. The van der Waals surface area contributed by atoms with Crippen molar-refractivity contribution in [3.8, 4) is 0 Å². The summed E-state index contributed by atoms with van der Waals surface area (Å²) in [4.78, 5) is 25.3. The zero-order valence-electron chi connectivity index (χ0n) is 11.2. The molecule has 4 N–H and O–H groups in total. The van der Waals surface area contributed by atoms with E-state index < -0.39 is 12.0 Å². The highest BCUT2D eigenvalue weighted by Gasteiger charge is 2.15. The quantitative estimate of drug-likeness (QED) is 0.645. The average molecular weight is 285 g/mol. The summed E-state index contributed by atoms with van der Waals surface area (Å²) in [5.74, 6) is -1.10. The van der Waals surface area contributed by atoms with Gasteiger partial charge in [-0.3, -0.25) is 0 Å². The first-order valence-electron chi connectivity index (χ1n) is 5.94. The maximum absolute atomic E-state index is 11.6. The van der Waals surface area contributed by atoms with Gasteiger partial charge in [0.05, 0.1) is 5.69 Å². The van der Waals surface area contributed by atoms with Crippen LogP contribution in [0.3, 0.4) is 0 Å². The molecule has 0 saturated heterocycles. The topological polar surface area (TPSA) is 94.2 Å². The number of aromatic amines is 1. The van der Waals surface area contributed by atoms with Crippen LogP contribution in [-0.4, -0.2) is 40.1 Å². The number of rotatable bonds is 6. The lowest BCUT2D eigenvalue weighted by molar-refractivity contribution is 0.0692. The van der Waals surface area contributed by atoms with Crippen molar-refractivity contribution >= 4 is 29.4 Å². The van der Waals surface area contributed by atoms with Crippen LogP contribution in [0.1, 0.15) is 29.5 Å². The van der Waals surface area contributed by atoms with Crippen molar-refractivity contribution in [1.29, 1.82) is 0 Å². The first-order chi connectivity index (χ1) is 8.93. The van der Waals surface area contributed by atoms with E-state index in [9.17, 15) is 9.59 Å². The van der Waals surface area contributed by atoms with E-state index >= 15 is 0 Å². The lowest BCUT2D eigenvalue weighted by Crippen LogP contribution is -2.31. The van der Waals surface area contributed by atoms with Crippen LogP contribution >= 0.6 is 11.8 Å². The molecule has 1 aromatic heterocycles. The van der Waals surface area contributed by atoms with Gasteiger partial charge in [0.25, 0.3) is 0 Å². The molecule has 0 aliphatic heterocycles. The number of urea groups is 1. The van der Waals surface area contributed by atoms with Crippen LogP contribution in [-0.2, 0) is 0 Å². The molecule has 0 radical (unpaired) electrons. The normalized spacial score (nSPS) is 11.9. The Balaban J connectivity index is 2.50. The number of amides is 2. The molecule has 0 aliphatic carbocycles. The van der Waals surface area contributed by atoms with Crippen molar-refractivity contribution in [3.63, 3.8) is 0 Å². The van der Waals surface area contributed by atoms with Crippen LogP contribution in [0.2, 0.25) is 0 Å². The maximum atomic E-state index is 11.6. The van der Waals surface area contributed by atoms with Gasteiger partial charge in [-0.1, -0.05) is 6.92 Å². The highest BCUT2D eigenvalue weighted by Crippen LogP contribution is 2.16. The van der Waals surface area contributed by atoms with Gasteiger partial charge < -0.3 is 20.7 Å². The molecule has 0 saturated carbocycles. The molecule has 0 aliphatic rings. The number of thioether (sulfide) groups is 1. The van der Waals surface area contributed by atoms with E-state index in [0.29, 0.717) is 17.5 Å². The predicted octanol–water partition coefficient (Wildman–Crippen LogP) is 2.28. The lowest BCUT2D eigenvalue weighted by Gasteiger charge is -2.10. The van der Waals surface area contributed by atoms with Gasteiger partial charge in [-0.25, -0.2) is 9.59 Å². The molecule has 0 fully saturated rings. The number of carbonyl (C=O) groups excluding carboxylic acids is 1. The summed E-state index contributed by atoms with van der Waals surface area (Å²) in [5, 5.41) is 14.7. The number of anilines is 1. The number of hydrogen-bond donors (Lipinski definition) is 4. The molecule has 1 aromatic rings. The number of aromatic carboxylic acids is 1. The number of H-pyrrole nitrogens is 1. The van der Waals surface area contributed by atoms with Gasteiger partial charge in [0.15, 0.2) is 0 Å². The molecule has 7 heteroatoms. The first kappa shape index (κ1) is 15.4. The minimum absolute atomic E-state index is 0.00914. The molecule has 0 spiro atoms. The third-order valence-electron chi connectivity index (χ3n) is 2.65. The second-order valence-corrected chi connectivity index (χ2v) is 5.54. The van der Waals surface area contributed by atoms with Gasteiger partial charge in [-0.15, -0.1) is 0 Å². The Labute approximate surface area is 116 Å². The maximum Gasteiger partial charge on any atom is 0.354 e. The van der Waals surface area contributed by atoms with E-state index in [1.54, 1.807) is 24.8 Å². The minimum atomic E-state index is -1.10. The van der Waals surface area contributed by atoms with Crippen molar-refractivity contribution in [3.05, 3.63) is 17.5 Å². The molecule has 0 aromatic carbocycles. The van der Waals surface area contributed by atoms with Gasteiger partial charge >= 0.3 is 12.0 Å². The van der Waals surface area contributed by atoms with Gasteiger partial charge in [-0.05, 0) is 25.7 Å². The summed E-state index contributed by atoms with van der Waals surface area (Å²) in [7, 11) is 0. The van der Waals surface area contributed by atoms with E-state index in [1.165, 1.54) is 0 Å². The Bertz CT molecular complexity index is 459. The lowest BCUT2D eigenvalue weighted by atomic mass is 10.3. The Morgan fingerprint density at radius 1 is 1.53 bits per heavy atom. The van der Waals surface area contributed by atoms with Crippen LogP contribution in [0.15, 0.2) is 6.07 Å². The van der Waals surface area contributed by atoms with Gasteiger partial charge in [0.2, 0.25) is 0 Å². The largest absolute Gasteiger partial charge is 0.477 e. The number of carboxylic acids is 1. The summed E-state index contributed by atoms with van der Waals surface area (Å²) in [6, 6.07) is 1.20. The van der Waals surface area contributed by atoms with Crippen molar-refractivity contribution in [2.45, 2.75) is 25.5 Å². The fourth-order valence-corrected chi connectivity index (χ4v) is 1.88. The van der Waals surface area contributed by atoms with Crippen molar-refractivity contribution in [2.24, 2.45) is 0 Å². The van der Waals surface area contributed by atoms with Crippen LogP contribution in [0, 0.1) is 6.92 Å². The predicted molar refractivity (Wildman–Crippen MR) is 77.1 cm³/mol. The molecule has 1 rings (SSSR count). The van der Waals surface area contributed by atoms with E-state index in [4.69, 9.17) is 5.11 Å². The Morgan fingerprint density at radius 2 is 2.21 bits per heavy atom. The zero-order chi connectivity index (χ0) is 14.4. The third-order valence-corrected chi connectivity index (χ3v) is 3.69. The smallest absolute Gasteiger partial charge is 0.354 e. The number of hydrogen-bond acceptors (Lipinski definition) is 3. The summed E-state index contributed by atoms with van der Waals surface area (Å²) in [6.45, 7) is 4.37. The molecule has 1 atom stereocenters. The molecule has 106 valence electrons. The molecular weight excluding hydrogens is 266 g/mol. The van der Waals surface area contributed by atoms with Gasteiger partial charge in [0.1, 0.15) is 5.69 Å². The van der Waals surface area contributed by atoms with E-state index in [2.05, 4.69) is 22.5 Å². The average Bonchev–Trinajstić information content (AvgIpc) is 2.70. The van der Waals surface area contributed by atoms with E-state index in [-0.39, 0.29) is 11.4 Å². The van der Waals surface area contributed by atoms with E-state index in [1.807, 2.05) is 6.26 Å². The fourth-order valence-electron chi connectivity index (χ4n) is 1.53. The van der Waals surface area contributed by atoms with Gasteiger partial charge in [-0.2, -0.15) is 11.8 Å². The highest BCUT2D eigenvalue weighted by atomic mass is 32.2. The first-order valence-corrected chi connectivity index (χ1v) is 7.23.